The second-order valence-electron chi connectivity index (χ2n) is 6.62. The van der Waals surface area contributed by atoms with E-state index in [4.69, 9.17) is 4.74 Å². The van der Waals surface area contributed by atoms with E-state index in [2.05, 4.69) is 9.62 Å². The lowest BCUT2D eigenvalue weighted by atomic mass is 10.2. The van der Waals surface area contributed by atoms with Gasteiger partial charge in [0.05, 0.1) is 19.3 Å². The summed E-state index contributed by atoms with van der Waals surface area (Å²) in [5.41, 5.74) is 1.77. The Kier molecular flexibility index (Phi) is 6.90. The van der Waals surface area contributed by atoms with Crippen molar-refractivity contribution in [3.8, 4) is 5.75 Å². The van der Waals surface area contributed by atoms with Crippen molar-refractivity contribution in [1.29, 1.82) is 0 Å². The fourth-order valence-electron chi connectivity index (χ4n) is 3.14. The minimum Gasteiger partial charge on any atom is -0.495 e. The van der Waals surface area contributed by atoms with E-state index in [9.17, 15) is 13.2 Å². The fourth-order valence-corrected chi connectivity index (χ4v) is 3.90. The topological polar surface area (TPSA) is 79.0 Å². The van der Waals surface area contributed by atoms with Gasteiger partial charge >= 0.3 is 0 Å². The van der Waals surface area contributed by atoms with E-state index < -0.39 is 10.0 Å². The molecule has 0 spiro atoms. The van der Waals surface area contributed by atoms with Crippen LogP contribution in [0.3, 0.4) is 0 Å². The molecule has 1 heterocycles. The third-order valence-electron chi connectivity index (χ3n) is 4.72. The molecule has 1 aliphatic rings. The molecule has 3 rings (SSSR count). The lowest BCUT2D eigenvalue weighted by molar-refractivity contribution is -0.130. The van der Waals surface area contributed by atoms with Gasteiger partial charge in [-0.15, -0.1) is 0 Å². The lowest BCUT2D eigenvalue weighted by Crippen LogP contribution is -2.51. The van der Waals surface area contributed by atoms with Gasteiger partial charge in [-0.3, -0.25) is 4.79 Å². The number of amides is 1. The number of hydrogen-bond donors (Lipinski definition) is 1. The third kappa shape index (κ3) is 5.82. The normalized spacial score (nSPS) is 14.9. The van der Waals surface area contributed by atoms with Gasteiger partial charge in [0, 0.05) is 31.6 Å². The first kappa shape index (κ1) is 20.9. The monoisotopic (exact) mass is 415 g/mol. The molecule has 7 nitrogen and oxygen atoms in total. The molecule has 154 valence electrons. The first-order valence-corrected chi connectivity index (χ1v) is 10.9. The van der Waals surface area contributed by atoms with Crippen molar-refractivity contribution in [2.75, 3.05) is 44.7 Å². The maximum atomic E-state index is 12.4. The number of para-hydroxylation sites is 2. The molecule has 1 aliphatic heterocycles. The maximum absolute atomic E-state index is 12.4. The summed E-state index contributed by atoms with van der Waals surface area (Å²) in [4.78, 5) is 16.3. The van der Waals surface area contributed by atoms with Crippen molar-refractivity contribution in [3.63, 3.8) is 0 Å². The van der Waals surface area contributed by atoms with Crippen LogP contribution >= 0.6 is 0 Å². The van der Waals surface area contributed by atoms with Gasteiger partial charge in [0.15, 0.2) is 0 Å². The van der Waals surface area contributed by atoms with E-state index in [0.717, 1.165) is 22.4 Å². The van der Waals surface area contributed by atoms with Crippen LogP contribution in [0.2, 0.25) is 0 Å². The molecule has 1 fully saturated rings. The van der Waals surface area contributed by atoms with Crippen LogP contribution < -0.4 is 14.4 Å². The second-order valence-corrected chi connectivity index (χ2v) is 8.27. The van der Waals surface area contributed by atoms with Gasteiger partial charge in [-0.2, -0.15) is 0 Å². The summed E-state index contributed by atoms with van der Waals surface area (Å²) in [6, 6.07) is 16.9. The van der Waals surface area contributed by atoms with E-state index in [1.54, 1.807) is 24.1 Å². The zero-order valence-electron chi connectivity index (χ0n) is 16.3. The number of carbonyl (C=O) groups is 1. The molecule has 1 amide bonds. The fraction of sp³-hybridized carbons (Fsp3) is 0.286. The van der Waals surface area contributed by atoms with Crippen LogP contribution in [0.15, 0.2) is 60.0 Å². The molecular formula is C21H25N3O4S. The van der Waals surface area contributed by atoms with Gasteiger partial charge in [0.1, 0.15) is 5.75 Å². The summed E-state index contributed by atoms with van der Waals surface area (Å²) in [5.74, 6) is 0.562. The molecule has 0 bridgehead atoms. The Morgan fingerprint density at radius 3 is 2.38 bits per heavy atom. The summed E-state index contributed by atoms with van der Waals surface area (Å²) in [6.45, 7) is 2.12. The predicted octanol–water partition coefficient (Wildman–Crippen LogP) is 1.93. The van der Waals surface area contributed by atoms with Gasteiger partial charge in [-0.25, -0.2) is 13.1 Å². The van der Waals surface area contributed by atoms with E-state index in [-0.39, 0.29) is 12.5 Å². The standard InChI is InChI=1S/C21H25N3O4S/c1-28-20-10-6-5-9-19(20)23-12-14-24(15-13-23)21(25)17-22-29(26,27)16-11-18-7-3-2-4-8-18/h2-11,16,22H,12-15,17H2,1H3/b16-11+. The summed E-state index contributed by atoms with van der Waals surface area (Å²) >= 11 is 0. The molecular weight excluding hydrogens is 390 g/mol. The Bertz CT molecular complexity index is 953. The highest BCUT2D eigenvalue weighted by atomic mass is 32.2. The third-order valence-corrected chi connectivity index (χ3v) is 5.76. The Hall–Kier alpha value is -2.84. The number of ether oxygens (including phenoxy) is 1. The molecule has 0 aromatic heterocycles. The van der Waals surface area contributed by atoms with E-state index in [1.165, 1.54) is 6.08 Å². The number of nitrogens with zero attached hydrogens (tertiary/aromatic N) is 2. The first-order chi connectivity index (χ1) is 14.0. The highest BCUT2D eigenvalue weighted by molar-refractivity contribution is 7.92. The molecule has 0 saturated carbocycles. The van der Waals surface area contributed by atoms with Crippen molar-refractivity contribution >= 4 is 27.7 Å². The average molecular weight is 416 g/mol. The van der Waals surface area contributed by atoms with Crippen molar-refractivity contribution in [3.05, 3.63) is 65.6 Å². The minimum absolute atomic E-state index is 0.235. The highest BCUT2D eigenvalue weighted by Crippen LogP contribution is 2.28. The number of piperazine rings is 1. The number of sulfonamides is 1. The molecule has 0 radical (unpaired) electrons. The molecule has 8 heteroatoms. The smallest absolute Gasteiger partial charge is 0.237 e. The predicted molar refractivity (Wildman–Crippen MR) is 114 cm³/mol. The van der Waals surface area contributed by atoms with Gasteiger partial charge in [-0.1, -0.05) is 42.5 Å². The van der Waals surface area contributed by atoms with Gasteiger partial charge in [-0.05, 0) is 23.8 Å². The summed E-state index contributed by atoms with van der Waals surface area (Å²) in [6.07, 6.45) is 1.50. The Morgan fingerprint density at radius 2 is 1.69 bits per heavy atom. The second kappa shape index (κ2) is 9.58. The van der Waals surface area contributed by atoms with E-state index >= 15 is 0 Å². The number of anilines is 1. The Balaban J connectivity index is 1.50. The van der Waals surface area contributed by atoms with E-state index in [1.807, 2.05) is 42.5 Å². The van der Waals surface area contributed by atoms with Crippen molar-refractivity contribution < 1.29 is 17.9 Å². The molecule has 0 atom stereocenters. The van der Waals surface area contributed by atoms with Crippen LogP contribution in [0, 0.1) is 0 Å². The molecule has 0 aliphatic carbocycles. The molecule has 2 aromatic rings. The number of rotatable bonds is 7. The van der Waals surface area contributed by atoms with Crippen LogP contribution in [0.25, 0.3) is 6.08 Å². The van der Waals surface area contributed by atoms with Crippen LogP contribution in [-0.4, -0.2) is 59.1 Å². The Morgan fingerprint density at radius 1 is 1.03 bits per heavy atom. The van der Waals surface area contributed by atoms with Crippen molar-refractivity contribution in [2.45, 2.75) is 0 Å². The quantitative estimate of drug-likeness (QED) is 0.748. The molecule has 1 N–H and O–H groups in total. The zero-order valence-corrected chi connectivity index (χ0v) is 17.1. The number of hydrogen-bond acceptors (Lipinski definition) is 5. The van der Waals surface area contributed by atoms with E-state index in [0.29, 0.717) is 26.2 Å². The number of nitrogens with one attached hydrogen (secondary N) is 1. The minimum atomic E-state index is -3.68. The molecule has 2 aromatic carbocycles. The van der Waals surface area contributed by atoms with Crippen LogP contribution in [0.1, 0.15) is 5.56 Å². The average Bonchev–Trinajstić information content (AvgIpc) is 2.77. The summed E-state index contributed by atoms with van der Waals surface area (Å²) in [7, 11) is -2.05. The molecule has 0 unspecified atom stereocenters. The van der Waals surface area contributed by atoms with Crippen LogP contribution in [0.4, 0.5) is 5.69 Å². The summed E-state index contributed by atoms with van der Waals surface area (Å²) < 4.78 is 32.0. The first-order valence-electron chi connectivity index (χ1n) is 9.37. The SMILES string of the molecule is COc1ccccc1N1CCN(C(=O)CNS(=O)(=O)/C=C/c2ccccc2)CC1. The highest BCUT2D eigenvalue weighted by Gasteiger charge is 2.23. The van der Waals surface area contributed by atoms with Crippen molar-refractivity contribution in [1.82, 2.24) is 9.62 Å². The van der Waals surface area contributed by atoms with Gasteiger partial charge < -0.3 is 14.5 Å². The number of carbonyl (C=O) groups excluding carboxylic acids is 1. The van der Waals surface area contributed by atoms with Crippen LogP contribution in [-0.2, 0) is 14.8 Å². The maximum Gasteiger partial charge on any atom is 0.237 e. The summed E-state index contributed by atoms with van der Waals surface area (Å²) in [5, 5.41) is 1.08. The van der Waals surface area contributed by atoms with Gasteiger partial charge in [0.2, 0.25) is 15.9 Å². The molecule has 1 saturated heterocycles. The van der Waals surface area contributed by atoms with Gasteiger partial charge in [0.25, 0.3) is 0 Å². The Labute approximate surface area is 171 Å². The zero-order chi connectivity index (χ0) is 20.7. The molecule has 29 heavy (non-hydrogen) atoms. The van der Waals surface area contributed by atoms with Crippen LogP contribution in [0.5, 0.6) is 5.75 Å². The number of benzene rings is 2. The van der Waals surface area contributed by atoms with Crippen molar-refractivity contribution in [2.24, 2.45) is 0 Å². The lowest BCUT2D eigenvalue weighted by Gasteiger charge is -2.36. The number of methoxy groups -OCH3 is 1. The largest absolute Gasteiger partial charge is 0.495 e.